The second-order valence-corrected chi connectivity index (χ2v) is 5.41. The van der Waals surface area contributed by atoms with Crippen molar-refractivity contribution < 1.29 is 4.74 Å². The Morgan fingerprint density at radius 1 is 1.24 bits per heavy atom. The second kappa shape index (κ2) is 7.18. The maximum absolute atomic E-state index is 5.45. The van der Waals surface area contributed by atoms with Crippen molar-refractivity contribution in [1.82, 2.24) is 9.47 Å². The fourth-order valence-electron chi connectivity index (χ4n) is 2.46. The van der Waals surface area contributed by atoms with E-state index < -0.39 is 0 Å². The third-order valence-corrected chi connectivity index (χ3v) is 3.49. The van der Waals surface area contributed by atoms with Gasteiger partial charge in [-0.2, -0.15) is 0 Å². The molecule has 21 heavy (non-hydrogen) atoms. The van der Waals surface area contributed by atoms with E-state index in [9.17, 15) is 0 Å². The third-order valence-electron chi connectivity index (χ3n) is 3.49. The Bertz CT molecular complexity index is 575. The SMILES string of the molecule is CCn1cccc1CNc1cc(CN(C)C)ccc1OC. The van der Waals surface area contributed by atoms with Crippen LogP contribution in [-0.4, -0.2) is 30.7 Å². The predicted octanol–water partition coefficient (Wildman–Crippen LogP) is 3.19. The Morgan fingerprint density at radius 3 is 2.71 bits per heavy atom. The van der Waals surface area contributed by atoms with Crippen molar-refractivity contribution in [2.45, 2.75) is 26.6 Å². The van der Waals surface area contributed by atoms with Gasteiger partial charge in [0.25, 0.3) is 0 Å². The van der Waals surface area contributed by atoms with Gasteiger partial charge in [-0.05, 0) is 50.8 Å². The molecule has 0 amide bonds. The molecule has 1 aromatic heterocycles. The summed E-state index contributed by atoms with van der Waals surface area (Å²) in [7, 11) is 5.86. The van der Waals surface area contributed by atoms with Crippen LogP contribution in [0.4, 0.5) is 5.69 Å². The first-order valence-electron chi connectivity index (χ1n) is 7.33. The van der Waals surface area contributed by atoms with Gasteiger partial charge >= 0.3 is 0 Å². The number of ether oxygens (including phenoxy) is 1. The first-order valence-corrected chi connectivity index (χ1v) is 7.33. The van der Waals surface area contributed by atoms with Crippen LogP contribution in [-0.2, 0) is 19.6 Å². The smallest absolute Gasteiger partial charge is 0.141 e. The monoisotopic (exact) mass is 287 g/mol. The predicted molar refractivity (Wildman–Crippen MR) is 87.8 cm³/mol. The zero-order valence-corrected chi connectivity index (χ0v) is 13.4. The summed E-state index contributed by atoms with van der Waals surface area (Å²) >= 11 is 0. The topological polar surface area (TPSA) is 29.4 Å². The maximum atomic E-state index is 5.45. The quantitative estimate of drug-likeness (QED) is 0.848. The van der Waals surface area contributed by atoms with Crippen molar-refractivity contribution in [3.05, 3.63) is 47.8 Å². The highest BCUT2D eigenvalue weighted by molar-refractivity contribution is 5.58. The van der Waals surface area contributed by atoms with E-state index in [1.165, 1.54) is 11.3 Å². The maximum Gasteiger partial charge on any atom is 0.141 e. The fraction of sp³-hybridized carbons (Fsp3) is 0.412. The number of hydrogen-bond donors (Lipinski definition) is 1. The molecular weight excluding hydrogens is 262 g/mol. The lowest BCUT2D eigenvalue weighted by molar-refractivity contribution is 0.400. The number of anilines is 1. The summed E-state index contributed by atoms with van der Waals surface area (Å²) in [6, 6.07) is 10.5. The molecule has 0 unspecified atom stereocenters. The number of hydrogen-bond acceptors (Lipinski definition) is 3. The third kappa shape index (κ3) is 4.02. The molecule has 2 aromatic rings. The highest BCUT2D eigenvalue weighted by Crippen LogP contribution is 2.26. The van der Waals surface area contributed by atoms with E-state index in [-0.39, 0.29) is 0 Å². The van der Waals surface area contributed by atoms with Gasteiger partial charge < -0.3 is 19.5 Å². The van der Waals surface area contributed by atoms with Gasteiger partial charge in [0.15, 0.2) is 0 Å². The molecule has 0 aliphatic carbocycles. The van der Waals surface area contributed by atoms with Gasteiger partial charge in [0, 0.05) is 25.0 Å². The number of nitrogens with one attached hydrogen (secondary N) is 1. The molecule has 0 bridgehead atoms. The molecule has 114 valence electrons. The largest absolute Gasteiger partial charge is 0.495 e. The van der Waals surface area contributed by atoms with Gasteiger partial charge in [-0.15, -0.1) is 0 Å². The molecule has 0 saturated heterocycles. The van der Waals surface area contributed by atoms with Gasteiger partial charge in [-0.25, -0.2) is 0 Å². The summed E-state index contributed by atoms with van der Waals surface area (Å²) in [6.45, 7) is 4.86. The van der Waals surface area contributed by atoms with E-state index in [0.717, 1.165) is 31.1 Å². The molecule has 4 nitrogen and oxygen atoms in total. The summed E-state index contributed by atoms with van der Waals surface area (Å²) in [6.07, 6.45) is 2.11. The minimum absolute atomic E-state index is 0.794. The van der Waals surface area contributed by atoms with E-state index in [1.807, 2.05) is 6.07 Å². The zero-order chi connectivity index (χ0) is 15.2. The lowest BCUT2D eigenvalue weighted by Crippen LogP contribution is -2.11. The number of nitrogens with zero attached hydrogens (tertiary/aromatic N) is 2. The lowest BCUT2D eigenvalue weighted by Gasteiger charge is -2.15. The number of methoxy groups -OCH3 is 1. The Balaban J connectivity index is 2.13. The highest BCUT2D eigenvalue weighted by Gasteiger charge is 2.06. The van der Waals surface area contributed by atoms with Crippen LogP contribution in [0.25, 0.3) is 0 Å². The van der Waals surface area contributed by atoms with Crippen LogP contribution < -0.4 is 10.1 Å². The highest BCUT2D eigenvalue weighted by atomic mass is 16.5. The molecule has 0 saturated carbocycles. The average molecular weight is 287 g/mol. The van der Waals surface area contributed by atoms with E-state index in [2.05, 4.69) is 66.3 Å². The van der Waals surface area contributed by atoms with Crippen LogP contribution in [0.3, 0.4) is 0 Å². The van der Waals surface area contributed by atoms with Crippen LogP contribution in [0, 0.1) is 0 Å². The van der Waals surface area contributed by atoms with Gasteiger partial charge in [-0.3, -0.25) is 0 Å². The van der Waals surface area contributed by atoms with E-state index in [4.69, 9.17) is 4.74 Å². The van der Waals surface area contributed by atoms with E-state index in [1.54, 1.807) is 7.11 Å². The summed E-state index contributed by atoms with van der Waals surface area (Å²) in [5.41, 5.74) is 3.59. The lowest BCUT2D eigenvalue weighted by atomic mass is 10.1. The Morgan fingerprint density at radius 2 is 2.05 bits per heavy atom. The molecule has 0 aliphatic rings. The van der Waals surface area contributed by atoms with Crippen LogP contribution in [0.15, 0.2) is 36.5 Å². The normalized spacial score (nSPS) is 10.9. The molecular formula is C17H25N3O. The molecule has 4 heteroatoms. The van der Waals surface area contributed by atoms with Crippen molar-refractivity contribution in [2.75, 3.05) is 26.5 Å². The van der Waals surface area contributed by atoms with E-state index in [0.29, 0.717) is 0 Å². The van der Waals surface area contributed by atoms with Crippen molar-refractivity contribution in [3.8, 4) is 5.75 Å². The molecule has 1 aromatic carbocycles. The number of aryl methyl sites for hydroxylation is 1. The summed E-state index contributed by atoms with van der Waals surface area (Å²) in [4.78, 5) is 2.16. The van der Waals surface area contributed by atoms with Crippen molar-refractivity contribution in [3.63, 3.8) is 0 Å². The van der Waals surface area contributed by atoms with Gasteiger partial charge in [-0.1, -0.05) is 6.07 Å². The van der Waals surface area contributed by atoms with Crippen molar-refractivity contribution >= 4 is 5.69 Å². The number of benzene rings is 1. The second-order valence-electron chi connectivity index (χ2n) is 5.41. The number of rotatable bonds is 7. The Labute approximate surface area is 127 Å². The Kier molecular flexibility index (Phi) is 5.28. The first-order chi connectivity index (χ1) is 10.1. The molecule has 0 spiro atoms. The molecule has 0 radical (unpaired) electrons. The van der Waals surface area contributed by atoms with E-state index >= 15 is 0 Å². The summed E-state index contributed by atoms with van der Waals surface area (Å²) in [5.74, 6) is 0.882. The molecule has 2 rings (SSSR count). The van der Waals surface area contributed by atoms with Crippen molar-refractivity contribution in [1.29, 1.82) is 0 Å². The zero-order valence-electron chi connectivity index (χ0n) is 13.4. The first kappa shape index (κ1) is 15.4. The number of aromatic nitrogens is 1. The van der Waals surface area contributed by atoms with Crippen molar-refractivity contribution in [2.24, 2.45) is 0 Å². The summed E-state index contributed by atoms with van der Waals surface area (Å²) < 4.78 is 7.69. The molecule has 0 atom stereocenters. The summed E-state index contributed by atoms with van der Waals surface area (Å²) in [5, 5.41) is 3.49. The van der Waals surface area contributed by atoms with Crippen LogP contribution in [0.1, 0.15) is 18.2 Å². The van der Waals surface area contributed by atoms with Gasteiger partial charge in [0.05, 0.1) is 19.3 Å². The fourth-order valence-corrected chi connectivity index (χ4v) is 2.46. The van der Waals surface area contributed by atoms with Gasteiger partial charge in [0.2, 0.25) is 0 Å². The standard InChI is InChI=1S/C17H25N3O/c1-5-20-10-6-7-15(20)12-18-16-11-14(13-19(2)3)8-9-17(16)21-4/h6-11,18H,5,12-13H2,1-4H3. The molecule has 1 N–H and O–H groups in total. The average Bonchev–Trinajstić information content (AvgIpc) is 2.92. The molecule has 0 fully saturated rings. The minimum Gasteiger partial charge on any atom is -0.495 e. The van der Waals surface area contributed by atoms with Crippen LogP contribution in [0.2, 0.25) is 0 Å². The van der Waals surface area contributed by atoms with Crippen LogP contribution >= 0.6 is 0 Å². The molecule has 0 aliphatic heterocycles. The molecule has 1 heterocycles. The minimum atomic E-state index is 0.794. The Hall–Kier alpha value is -1.94. The van der Waals surface area contributed by atoms with Crippen LogP contribution in [0.5, 0.6) is 5.75 Å². The van der Waals surface area contributed by atoms with Gasteiger partial charge in [0.1, 0.15) is 5.75 Å².